The van der Waals surface area contributed by atoms with Crippen molar-refractivity contribution in [1.82, 2.24) is 4.90 Å². The van der Waals surface area contributed by atoms with Crippen LogP contribution >= 0.6 is 22.6 Å². The fourth-order valence-corrected chi connectivity index (χ4v) is 2.39. The fraction of sp³-hybridized carbons (Fsp3) is 0.417. The molecule has 1 saturated heterocycles. The lowest BCUT2D eigenvalue weighted by atomic mass is 10.1. The summed E-state index contributed by atoms with van der Waals surface area (Å²) in [6, 6.07) is 4.98. The number of carbonyl (C=O) groups is 1. The number of aromatic hydroxyl groups is 1. The second-order valence-corrected chi connectivity index (χ2v) is 5.39. The van der Waals surface area contributed by atoms with E-state index >= 15 is 0 Å². The van der Waals surface area contributed by atoms with E-state index in [0.717, 1.165) is 3.57 Å². The standard InChI is InChI=1S/C12H15IN2O3/c13-8-1-2-11(16)10(5-8)12(17)15-3-4-18-9(6-14)7-15/h1-2,5,9,16H,3-4,6-7,14H2. The van der Waals surface area contributed by atoms with Crippen LogP contribution in [-0.2, 0) is 4.74 Å². The maximum absolute atomic E-state index is 12.3. The summed E-state index contributed by atoms with van der Waals surface area (Å²) in [6.45, 7) is 1.88. The van der Waals surface area contributed by atoms with Gasteiger partial charge in [0.2, 0.25) is 0 Å². The number of phenols is 1. The molecule has 0 saturated carbocycles. The number of ether oxygens (including phenoxy) is 1. The minimum absolute atomic E-state index is 0.0104. The van der Waals surface area contributed by atoms with E-state index in [1.165, 1.54) is 6.07 Å². The minimum Gasteiger partial charge on any atom is -0.507 e. The summed E-state index contributed by atoms with van der Waals surface area (Å²) in [5.41, 5.74) is 5.88. The van der Waals surface area contributed by atoms with Crippen molar-refractivity contribution in [2.75, 3.05) is 26.2 Å². The van der Waals surface area contributed by atoms with Gasteiger partial charge in [0.1, 0.15) is 5.75 Å². The molecule has 0 radical (unpaired) electrons. The normalized spacial score (nSPS) is 19.9. The van der Waals surface area contributed by atoms with Crippen molar-refractivity contribution in [1.29, 1.82) is 0 Å². The number of hydrogen-bond acceptors (Lipinski definition) is 4. The third-order valence-corrected chi connectivity index (χ3v) is 3.55. The van der Waals surface area contributed by atoms with Crippen molar-refractivity contribution < 1.29 is 14.6 Å². The molecule has 1 unspecified atom stereocenters. The molecule has 1 aromatic rings. The van der Waals surface area contributed by atoms with Gasteiger partial charge in [-0.15, -0.1) is 0 Å². The van der Waals surface area contributed by atoms with Gasteiger partial charge < -0.3 is 20.5 Å². The number of morpholine rings is 1. The maximum Gasteiger partial charge on any atom is 0.257 e. The smallest absolute Gasteiger partial charge is 0.257 e. The van der Waals surface area contributed by atoms with Crippen molar-refractivity contribution in [2.24, 2.45) is 5.73 Å². The molecule has 1 fully saturated rings. The molecule has 1 amide bonds. The van der Waals surface area contributed by atoms with E-state index < -0.39 is 0 Å². The van der Waals surface area contributed by atoms with Crippen LogP contribution in [0.3, 0.4) is 0 Å². The minimum atomic E-state index is -0.173. The average Bonchev–Trinajstić information content (AvgIpc) is 2.41. The van der Waals surface area contributed by atoms with E-state index in [1.807, 2.05) is 0 Å². The second kappa shape index (κ2) is 5.85. The first-order chi connectivity index (χ1) is 8.61. The first-order valence-corrected chi connectivity index (χ1v) is 6.79. The Bertz CT molecular complexity index is 453. The Labute approximate surface area is 119 Å². The van der Waals surface area contributed by atoms with Crippen LogP contribution in [0.25, 0.3) is 0 Å². The quantitative estimate of drug-likeness (QED) is 0.764. The second-order valence-electron chi connectivity index (χ2n) is 4.14. The molecule has 1 aromatic carbocycles. The summed E-state index contributed by atoms with van der Waals surface area (Å²) < 4.78 is 6.33. The van der Waals surface area contributed by atoms with Crippen molar-refractivity contribution in [3.8, 4) is 5.75 Å². The predicted octanol–water partition coefficient (Wildman–Crippen LogP) is 0.797. The Kier molecular flexibility index (Phi) is 4.41. The Hall–Kier alpha value is -0.860. The van der Waals surface area contributed by atoms with E-state index in [0.29, 0.717) is 31.8 Å². The number of nitrogens with two attached hydrogens (primary N) is 1. The first-order valence-electron chi connectivity index (χ1n) is 5.71. The lowest BCUT2D eigenvalue weighted by Crippen LogP contribution is -2.48. The molecule has 1 aliphatic heterocycles. The number of phenolic OH excluding ortho intramolecular Hbond substituents is 1. The van der Waals surface area contributed by atoms with Crippen LogP contribution in [-0.4, -0.2) is 48.3 Å². The van der Waals surface area contributed by atoms with Crippen molar-refractivity contribution in [3.05, 3.63) is 27.3 Å². The van der Waals surface area contributed by atoms with Crippen molar-refractivity contribution >= 4 is 28.5 Å². The van der Waals surface area contributed by atoms with E-state index in [1.54, 1.807) is 17.0 Å². The molecule has 6 heteroatoms. The van der Waals surface area contributed by atoms with Gasteiger partial charge in [-0.3, -0.25) is 4.79 Å². The zero-order valence-corrected chi connectivity index (χ0v) is 12.0. The monoisotopic (exact) mass is 362 g/mol. The Morgan fingerprint density at radius 2 is 2.39 bits per heavy atom. The predicted molar refractivity (Wildman–Crippen MR) is 75.5 cm³/mol. The molecule has 1 heterocycles. The van der Waals surface area contributed by atoms with Gasteiger partial charge in [0, 0.05) is 23.2 Å². The molecule has 18 heavy (non-hydrogen) atoms. The highest BCUT2D eigenvalue weighted by Gasteiger charge is 2.25. The topological polar surface area (TPSA) is 75.8 Å². The van der Waals surface area contributed by atoms with Crippen LogP contribution in [0.1, 0.15) is 10.4 Å². The molecule has 0 aliphatic carbocycles. The molecule has 1 aliphatic rings. The van der Waals surface area contributed by atoms with Gasteiger partial charge in [-0.1, -0.05) is 0 Å². The van der Waals surface area contributed by atoms with Crippen molar-refractivity contribution in [2.45, 2.75) is 6.10 Å². The molecule has 0 aromatic heterocycles. The highest BCUT2D eigenvalue weighted by Crippen LogP contribution is 2.22. The van der Waals surface area contributed by atoms with Gasteiger partial charge in [0.05, 0.1) is 18.3 Å². The van der Waals surface area contributed by atoms with Crippen LogP contribution < -0.4 is 5.73 Å². The summed E-state index contributed by atoms with van der Waals surface area (Å²) in [5, 5.41) is 9.75. The molecule has 2 rings (SSSR count). The zero-order valence-electron chi connectivity index (χ0n) is 9.80. The van der Waals surface area contributed by atoms with Gasteiger partial charge >= 0.3 is 0 Å². The maximum atomic E-state index is 12.3. The number of nitrogens with zero attached hydrogens (tertiary/aromatic N) is 1. The fourth-order valence-electron chi connectivity index (χ4n) is 1.90. The van der Waals surface area contributed by atoms with Crippen LogP contribution in [0.15, 0.2) is 18.2 Å². The molecular formula is C12H15IN2O3. The summed E-state index contributed by atoms with van der Waals surface area (Å²) in [5.74, 6) is -0.163. The Morgan fingerprint density at radius 3 is 3.11 bits per heavy atom. The van der Waals surface area contributed by atoms with Gasteiger partial charge in [-0.2, -0.15) is 0 Å². The van der Waals surface area contributed by atoms with E-state index in [4.69, 9.17) is 10.5 Å². The molecular weight excluding hydrogens is 347 g/mol. The summed E-state index contributed by atoms with van der Waals surface area (Å²) in [4.78, 5) is 14.0. The largest absolute Gasteiger partial charge is 0.507 e. The van der Waals surface area contributed by atoms with Crippen LogP contribution in [0.2, 0.25) is 0 Å². The van der Waals surface area contributed by atoms with Crippen LogP contribution in [0, 0.1) is 3.57 Å². The molecule has 5 nitrogen and oxygen atoms in total. The summed E-state index contributed by atoms with van der Waals surface area (Å²) in [6.07, 6.45) is -0.118. The SMILES string of the molecule is NCC1CN(C(=O)c2cc(I)ccc2O)CCO1. The number of benzene rings is 1. The third-order valence-electron chi connectivity index (χ3n) is 2.88. The lowest BCUT2D eigenvalue weighted by molar-refractivity contribution is -0.0168. The van der Waals surface area contributed by atoms with Gasteiger partial charge in [-0.05, 0) is 40.8 Å². The van der Waals surface area contributed by atoms with E-state index in [9.17, 15) is 9.90 Å². The van der Waals surface area contributed by atoms with Gasteiger partial charge in [0.25, 0.3) is 5.91 Å². The van der Waals surface area contributed by atoms with E-state index in [2.05, 4.69) is 22.6 Å². The van der Waals surface area contributed by atoms with E-state index in [-0.39, 0.29) is 17.8 Å². The number of carbonyl (C=O) groups excluding carboxylic acids is 1. The number of rotatable bonds is 2. The number of halogens is 1. The number of hydrogen-bond donors (Lipinski definition) is 2. The molecule has 0 bridgehead atoms. The highest BCUT2D eigenvalue weighted by atomic mass is 127. The molecule has 98 valence electrons. The van der Waals surface area contributed by atoms with Crippen LogP contribution in [0.5, 0.6) is 5.75 Å². The summed E-state index contributed by atoms with van der Waals surface area (Å²) in [7, 11) is 0. The lowest BCUT2D eigenvalue weighted by Gasteiger charge is -2.32. The van der Waals surface area contributed by atoms with Gasteiger partial charge in [-0.25, -0.2) is 0 Å². The summed E-state index contributed by atoms with van der Waals surface area (Å²) >= 11 is 2.11. The van der Waals surface area contributed by atoms with Crippen LogP contribution in [0.4, 0.5) is 0 Å². The number of amides is 1. The van der Waals surface area contributed by atoms with Crippen molar-refractivity contribution in [3.63, 3.8) is 0 Å². The average molecular weight is 362 g/mol. The first kappa shape index (κ1) is 13.6. The molecule has 0 spiro atoms. The zero-order chi connectivity index (χ0) is 13.1. The Balaban J connectivity index is 2.17. The Morgan fingerprint density at radius 1 is 1.61 bits per heavy atom. The van der Waals surface area contributed by atoms with Gasteiger partial charge in [0.15, 0.2) is 0 Å². The third kappa shape index (κ3) is 2.93. The molecule has 3 N–H and O–H groups in total. The molecule has 1 atom stereocenters. The highest BCUT2D eigenvalue weighted by molar-refractivity contribution is 14.1.